The number of nitrogens with zero attached hydrogens (tertiary/aromatic N) is 1. The Balaban J connectivity index is 1.65. The molecule has 0 spiro atoms. The van der Waals surface area contributed by atoms with Crippen LogP contribution < -0.4 is 23.8 Å². The number of anilines is 2. The summed E-state index contributed by atoms with van der Waals surface area (Å²) in [5, 5.41) is 3.30. The minimum atomic E-state index is -3.54. The molecule has 0 aliphatic rings. The summed E-state index contributed by atoms with van der Waals surface area (Å²) in [6, 6.07) is 18.5. The van der Waals surface area contributed by atoms with E-state index >= 15 is 0 Å². The number of methoxy groups -OCH3 is 2. The summed E-state index contributed by atoms with van der Waals surface area (Å²) in [5.41, 5.74) is 1.71. The minimum Gasteiger partial charge on any atom is -0.497 e. The van der Waals surface area contributed by atoms with Crippen LogP contribution in [0, 0.1) is 0 Å². The van der Waals surface area contributed by atoms with E-state index in [1.807, 2.05) is 0 Å². The van der Waals surface area contributed by atoms with Crippen molar-refractivity contribution in [3.63, 3.8) is 0 Å². The first-order valence-corrected chi connectivity index (χ1v) is 12.4. The van der Waals surface area contributed by atoms with Crippen molar-refractivity contribution in [3.05, 3.63) is 77.3 Å². The molecule has 0 fully saturated rings. The molecule has 3 rings (SSSR count). The van der Waals surface area contributed by atoms with Gasteiger partial charge >= 0.3 is 0 Å². The summed E-state index contributed by atoms with van der Waals surface area (Å²) in [7, 11) is -0.508. The average Bonchev–Trinajstić information content (AvgIpc) is 2.82. The number of ether oxygens (including phenoxy) is 3. The molecular formula is C24H25ClN2O6S. The van der Waals surface area contributed by atoms with Gasteiger partial charge in [-0.15, -0.1) is 0 Å². The van der Waals surface area contributed by atoms with Crippen LogP contribution in [0.25, 0.3) is 0 Å². The largest absolute Gasteiger partial charge is 0.497 e. The van der Waals surface area contributed by atoms with Gasteiger partial charge in [0.2, 0.25) is 10.0 Å². The highest BCUT2D eigenvalue weighted by Gasteiger charge is 2.18. The molecule has 0 radical (unpaired) electrons. The van der Waals surface area contributed by atoms with Crippen LogP contribution in [-0.2, 0) is 21.4 Å². The van der Waals surface area contributed by atoms with Crippen LogP contribution >= 0.6 is 11.6 Å². The van der Waals surface area contributed by atoms with E-state index in [0.717, 1.165) is 11.8 Å². The maximum Gasteiger partial charge on any atom is 0.262 e. The molecule has 10 heteroatoms. The van der Waals surface area contributed by atoms with Gasteiger partial charge in [0.15, 0.2) is 6.61 Å². The van der Waals surface area contributed by atoms with E-state index in [4.69, 9.17) is 25.8 Å². The van der Waals surface area contributed by atoms with E-state index in [1.54, 1.807) is 66.7 Å². The predicted octanol–water partition coefficient (Wildman–Crippen LogP) is 4.34. The SMILES string of the molecule is COc1ccc(OC)c(NC(=O)COc2ccc(N(Cc3ccc(Cl)cc3)S(C)(=O)=O)cc2)c1. The molecule has 0 saturated heterocycles. The summed E-state index contributed by atoms with van der Waals surface area (Å²) in [4.78, 5) is 12.4. The van der Waals surface area contributed by atoms with Crippen molar-refractivity contribution in [1.82, 2.24) is 0 Å². The van der Waals surface area contributed by atoms with Crippen molar-refractivity contribution in [1.29, 1.82) is 0 Å². The Labute approximate surface area is 204 Å². The quantitative estimate of drug-likeness (QED) is 0.441. The molecule has 0 aliphatic heterocycles. The van der Waals surface area contributed by atoms with Crippen LogP contribution in [-0.4, -0.2) is 41.4 Å². The number of sulfonamides is 1. The van der Waals surface area contributed by atoms with E-state index in [0.29, 0.717) is 33.6 Å². The fraction of sp³-hybridized carbons (Fsp3) is 0.208. The molecule has 3 aromatic rings. The molecule has 34 heavy (non-hydrogen) atoms. The van der Waals surface area contributed by atoms with Gasteiger partial charge in [0.1, 0.15) is 17.2 Å². The lowest BCUT2D eigenvalue weighted by Crippen LogP contribution is -2.29. The summed E-state index contributed by atoms with van der Waals surface area (Å²) in [6.45, 7) is -0.0960. The number of nitrogens with one attached hydrogen (secondary N) is 1. The number of halogens is 1. The lowest BCUT2D eigenvalue weighted by Gasteiger charge is -2.23. The third-order valence-corrected chi connectivity index (χ3v) is 6.21. The van der Waals surface area contributed by atoms with Crippen molar-refractivity contribution >= 4 is 38.9 Å². The van der Waals surface area contributed by atoms with Gasteiger partial charge < -0.3 is 19.5 Å². The van der Waals surface area contributed by atoms with Crippen LogP contribution in [0.4, 0.5) is 11.4 Å². The van der Waals surface area contributed by atoms with Crippen LogP contribution in [0.1, 0.15) is 5.56 Å². The van der Waals surface area contributed by atoms with Crippen molar-refractivity contribution in [2.24, 2.45) is 0 Å². The lowest BCUT2D eigenvalue weighted by atomic mass is 10.2. The monoisotopic (exact) mass is 504 g/mol. The standard InChI is InChI=1S/C24H25ClN2O6S/c1-31-21-12-13-23(32-2)22(14-21)26-24(28)16-33-20-10-8-19(9-11-20)27(34(3,29)30)15-17-4-6-18(25)7-5-17/h4-14H,15-16H2,1-3H3,(H,26,28). The smallest absolute Gasteiger partial charge is 0.262 e. The number of carbonyl (C=O) groups excluding carboxylic acids is 1. The van der Waals surface area contributed by atoms with Crippen LogP contribution in [0.2, 0.25) is 5.02 Å². The normalized spacial score (nSPS) is 10.9. The second-order valence-corrected chi connectivity index (χ2v) is 9.64. The first-order chi connectivity index (χ1) is 16.2. The zero-order valence-electron chi connectivity index (χ0n) is 18.9. The molecule has 0 saturated carbocycles. The number of hydrogen-bond acceptors (Lipinski definition) is 6. The Morgan fingerprint density at radius 2 is 1.59 bits per heavy atom. The number of hydrogen-bond donors (Lipinski definition) is 1. The highest BCUT2D eigenvalue weighted by molar-refractivity contribution is 7.92. The molecule has 180 valence electrons. The maximum absolute atomic E-state index is 12.4. The Kier molecular flexibility index (Phi) is 8.25. The Hall–Kier alpha value is -3.43. The van der Waals surface area contributed by atoms with Gasteiger partial charge in [-0.2, -0.15) is 0 Å². The highest BCUT2D eigenvalue weighted by Crippen LogP contribution is 2.29. The van der Waals surface area contributed by atoms with E-state index < -0.39 is 15.9 Å². The van der Waals surface area contributed by atoms with Crippen molar-refractivity contribution in [3.8, 4) is 17.2 Å². The molecule has 1 amide bonds. The van der Waals surface area contributed by atoms with Crippen LogP contribution in [0.15, 0.2) is 66.7 Å². The second-order valence-electron chi connectivity index (χ2n) is 7.29. The zero-order valence-corrected chi connectivity index (χ0v) is 20.5. The van der Waals surface area contributed by atoms with Gasteiger partial charge in [-0.05, 0) is 54.1 Å². The van der Waals surface area contributed by atoms with Gasteiger partial charge in [-0.3, -0.25) is 9.10 Å². The Morgan fingerprint density at radius 3 is 2.18 bits per heavy atom. The summed E-state index contributed by atoms with van der Waals surface area (Å²) >= 11 is 5.91. The fourth-order valence-corrected chi connectivity index (χ4v) is 4.13. The number of amides is 1. The van der Waals surface area contributed by atoms with Gasteiger partial charge in [0.05, 0.1) is 38.4 Å². The predicted molar refractivity (Wildman–Crippen MR) is 133 cm³/mol. The Bertz CT molecular complexity index is 1230. The van der Waals surface area contributed by atoms with E-state index in [9.17, 15) is 13.2 Å². The molecule has 0 heterocycles. The topological polar surface area (TPSA) is 94.2 Å². The molecule has 3 aromatic carbocycles. The molecular weight excluding hydrogens is 480 g/mol. The van der Waals surface area contributed by atoms with Crippen molar-refractivity contribution in [2.75, 3.05) is 36.7 Å². The number of carbonyl (C=O) groups is 1. The highest BCUT2D eigenvalue weighted by atomic mass is 35.5. The summed E-state index contributed by atoms with van der Waals surface area (Å²) in [5.74, 6) is 1.08. The number of benzene rings is 3. The van der Waals surface area contributed by atoms with Gasteiger partial charge in [0.25, 0.3) is 5.91 Å². The van der Waals surface area contributed by atoms with E-state index in [1.165, 1.54) is 18.5 Å². The molecule has 0 aromatic heterocycles. The van der Waals surface area contributed by atoms with Gasteiger partial charge in [-0.1, -0.05) is 23.7 Å². The molecule has 0 unspecified atom stereocenters. The first kappa shape index (κ1) is 25.2. The first-order valence-electron chi connectivity index (χ1n) is 10.2. The molecule has 0 aliphatic carbocycles. The number of rotatable bonds is 10. The van der Waals surface area contributed by atoms with Crippen molar-refractivity contribution in [2.45, 2.75) is 6.54 Å². The summed E-state index contributed by atoms with van der Waals surface area (Å²) in [6.07, 6.45) is 1.14. The minimum absolute atomic E-state index is 0.154. The van der Waals surface area contributed by atoms with Crippen LogP contribution in [0.3, 0.4) is 0 Å². The van der Waals surface area contributed by atoms with Crippen molar-refractivity contribution < 1.29 is 27.4 Å². The van der Waals surface area contributed by atoms with Crippen LogP contribution in [0.5, 0.6) is 17.2 Å². The van der Waals surface area contributed by atoms with Gasteiger partial charge in [0, 0.05) is 11.1 Å². The third-order valence-electron chi connectivity index (χ3n) is 4.82. The van der Waals surface area contributed by atoms with Gasteiger partial charge in [-0.25, -0.2) is 8.42 Å². The molecule has 8 nitrogen and oxygen atoms in total. The second kappa shape index (κ2) is 11.1. The molecule has 1 N–H and O–H groups in total. The average molecular weight is 505 g/mol. The lowest BCUT2D eigenvalue weighted by molar-refractivity contribution is -0.118. The third kappa shape index (κ3) is 6.79. The summed E-state index contributed by atoms with van der Waals surface area (Å²) < 4.78 is 42.0. The zero-order chi connectivity index (χ0) is 24.7. The molecule has 0 atom stereocenters. The maximum atomic E-state index is 12.4. The Morgan fingerprint density at radius 1 is 0.941 bits per heavy atom. The van der Waals surface area contributed by atoms with E-state index in [-0.39, 0.29) is 13.2 Å². The van der Waals surface area contributed by atoms with E-state index in [2.05, 4.69) is 5.32 Å². The fourth-order valence-electron chi connectivity index (χ4n) is 3.11. The molecule has 0 bridgehead atoms.